The summed E-state index contributed by atoms with van der Waals surface area (Å²) in [6, 6.07) is 14.6. The van der Waals surface area contributed by atoms with Crippen LogP contribution in [0.1, 0.15) is 64.7 Å². The number of fused-ring (bicyclic) bond motifs is 2. The molecule has 0 saturated carbocycles. The van der Waals surface area contributed by atoms with Crippen LogP contribution in [0.15, 0.2) is 70.1 Å². The minimum Gasteiger partial charge on any atom is -0.494 e. The van der Waals surface area contributed by atoms with Crippen LogP contribution in [0, 0.1) is 19.8 Å². The summed E-state index contributed by atoms with van der Waals surface area (Å²) in [6.07, 6.45) is 4.37. The highest BCUT2D eigenvalue weighted by Gasteiger charge is 2.43. The molecule has 0 bridgehead atoms. The number of amides is 1. The maximum atomic E-state index is 13.9. The van der Waals surface area contributed by atoms with Crippen LogP contribution in [0.2, 0.25) is 0 Å². The van der Waals surface area contributed by atoms with E-state index in [-0.39, 0.29) is 17.1 Å². The molecule has 0 fully saturated rings. The average Bonchev–Trinajstić information content (AvgIpc) is 3.12. The van der Waals surface area contributed by atoms with Gasteiger partial charge < -0.3 is 14.1 Å². The monoisotopic (exact) mass is 482 g/mol. The van der Waals surface area contributed by atoms with Crippen LogP contribution in [-0.4, -0.2) is 22.4 Å². The molecule has 184 valence electrons. The van der Waals surface area contributed by atoms with Gasteiger partial charge in [0.25, 0.3) is 5.91 Å². The number of hydrogen-bond donors (Lipinski definition) is 0. The second-order valence-electron chi connectivity index (χ2n) is 9.93. The van der Waals surface area contributed by atoms with Gasteiger partial charge in [-0.25, -0.2) is 0 Å². The number of carbonyl (C=O) groups is 1. The summed E-state index contributed by atoms with van der Waals surface area (Å²) in [7, 11) is 0. The summed E-state index contributed by atoms with van der Waals surface area (Å²) < 4.78 is 12.2. The molecule has 1 aliphatic heterocycles. The first-order valence-corrected chi connectivity index (χ1v) is 12.3. The molecule has 0 N–H and O–H groups in total. The zero-order valence-electron chi connectivity index (χ0n) is 21.1. The molecule has 0 radical (unpaired) electrons. The van der Waals surface area contributed by atoms with E-state index < -0.39 is 6.04 Å². The lowest BCUT2D eigenvalue weighted by Crippen LogP contribution is -2.29. The molecule has 5 rings (SSSR count). The molecule has 1 amide bonds. The van der Waals surface area contributed by atoms with E-state index in [1.165, 1.54) is 0 Å². The third-order valence-electron chi connectivity index (χ3n) is 6.61. The average molecular weight is 483 g/mol. The Balaban J connectivity index is 1.65. The topological polar surface area (TPSA) is 72.6 Å². The van der Waals surface area contributed by atoms with Gasteiger partial charge in [0.05, 0.1) is 23.6 Å². The maximum Gasteiger partial charge on any atom is 0.291 e. The molecule has 2 aromatic carbocycles. The number of aromatic nitrogens is 1. The molecule has 6 nitrogen and oxygen atoms in total. The Morgan fingerprint density at radius 3 is 2.67 bits per heavy atom. The highest BCUT2D eigenvalue weighted by Crippen LogP contribution is 2.40. The molecule has 1 unspecified atom stereocenters. The van der Waals surface area contributed by atoms with Crippen LogP contribution in [0.3, 0.4) is 0 Å². The summed E-state index contributed by atoms with van der Waals surface area (Å²) in [5.41, 5.74) is 4.16. The smallest absolute Gasteiger partial charge is 0.291 e. The zero-order chi connectivity index (χ0) is 25.4. The third-order valence-corrected chi connectivity index (χ3v) is 6.61. The molecular formula is C30H30N2O4. The number of pyridine rings is 1. The van der Waals surface area contributed by atoms with Crippen molar-refractivity contribution in [1.82, 2.24) is 9.88 Å². The Kier molecular flexibility index (Phi) is 6.35. The fourth-order valence-electron chi connectivity index (χ4n) is 4.86. The Morgan fingerprint density at radius 1 is 1.08 bits per heavy atom. The van der Waals surface area contributed by atoms with Crippen LogP contribution in [0.25, 0.3) is 11.0 Å². The van der Waals surface area contributed by atoms with E-state index in [1.807, 2.05) is 62.4 Å². The molecule has 6 heteroatoms. The van der Waals surface area contributed by atoms with Gasteiger partial charge in [-0.15, -0.1) is 0 Å². The number of benzene rings is 2. The quantitative estimate of drug-likeness (QED) is 0.324. The van der Waals surface area contributed by atoms with E-state index in [0.29, 0.717) is 41.4 Å². The van der Waals surface area contributed by atoms with Crippen LogP contribution >= 0.6 is 0 Å². The highest BCUT2D eigenvalue weighted by molar-refractivity contribution is 5.99. The predicted molar refractivity (Wildman–Crippen MR) is 139 cm³/mol. The van der Waals surface area contributed by atoms with E-state index in [9.17, 15) is 9.59 Å². The van der Waals surface area contributed by atoms with E-state index in [0.717, 1.165) is 28.7 Å². The van der Waals surface area contributed by atoms with Crippen molar-refractivity contribution in [1.29, 1.82) is 0 Å². The van der Waals surface area contributed by atoms with Gasteiger partial charge in [0.2, 0.25) is 5.76 Å². The molecule has 2 aromatic heterocycles. The van der Waals surface area contributed by atoms with Gasteiger partial charge >= 0.3 is 0 Å². The molecule has 1 aliphatic rings. The SMILES string of the molecule is Cc1cc(C)c2oc3c(c(=O)c2c1)C(c1cccc(OCCC(C)C)c1)N(Cc1cccnc1)C3=O. The summed E-state index contributed by atoms with van der Waals surface area (Å²) in [5, 5.41) is 0.497. The molecule has 4 aromatic rings. The van der Waals surface area contributed by atoms with Crippen molar-refractivity contribution in [3.05, 3.63) is 105 Å². The van der Waals surface area contributed by atoms with Crippen LogP contribution in [0.4, 0.5) is 0 Å². The van der Waals surface area contributed by atoms with Crippen LogP contribution < -0.4 is 10.2 Å². The van der Waals surface area contributed by atoms with Crippen LogP contribution in [0.5, 0.6) is 5.75 Å². The van der Waals surface area contributed by atoms with Crippen molar-refractivity contribution in [3.63, 3.8) is 0 Å². The van der Waals surface area contributed by atoms with Crippen molar-refractivity contribution < 1.29 is 13.9 Å². The fraction of sp³-hybridized carbons (Fsp3) is 0.300. The minimum atomic E-state index is -0.595. The molecule has 1 atom stereocenters. The lowest BCUT2D eigenvalue weighted by Gasteiger charge is -2.25. The number of hydrogen-bond acceptors (Lipinski definition) is 5. The Bertz CT molecular complexity index is 1490. The van der Waals surface area contributed by atoms with Gasteiger partial charge in [-0.1, -0.05) is 38.1 Å². The van der Waals surface area contributed by atoms with Gasteiger partial charge in [0.1, 0.15) is 11.3 Å². The highest BCUT2D eigenvalue weighted by atomic mass is 16.5. The van der Waals surface area contributed by atoms with E-state index >= 15 is 0 Å². The number of aryl methyl sites for hydroxylation is 2. The summed E-state index contributed by atoms with van der Waals surface area (Å²) in [5.74, 6) is 1.06. The first-order valence-electron chi connectivity index (χ1n) is 12.3. The number of nitrogens with zero attached hydrogens (tertiary/aromatic N) is 2. The minimum absolute atomic E-state index is 0.111. The van der Waals surface area contributed by atoms with Crippen molar-refractivity contribution in [2.45, 2.75) is 46.7 Å². The van der Waals surface area contributed by atoms with Gasteiger partial charge in [0, 0.05) is 18.9 Å². The van der Waals surface area contributed by atoms with Gasteiger partial charge in [-0.3, -0.25) is 14.6 Å². The zero-order valence-corrected chi connectivity index (χ0v) is 21.1. The summed E-state index contributed by atoms with van der Waals surface area (Å²) in [4.78, 5) is 33.5. The molecule has 0 saturated heterocycles. The molecule has 0 spiro atoms. The Labute approximate surface area is 210 Å². The second-order valence-corrected chi connectivity index (χ2v) is 9.93. The fourth-order valence-corrected chi connectivity index (χ4v) is 4.86. The Hall–Kier alpha value is -3.93. The van der Waals surface area contributed by atoms with E-state index in [4.69, 9.17) is 9.15 Å². The standard InChI is InChI=1S/C30H30N2O4/c1-18(2)10-12-35-23-9-5-8-22(15-23)26-25-27(33)24-14-19(3)13-20(4)28(24)36-29(25)30(34)32(26)17-21-7-6-11-31-16-21/h5-9,11,13-16,18,26H,10,12,17H2,1-4H3. The predicted octanol–water partition coefficient (Wildman–Crippen LogP) is 5.98. The maximum absolute atomic E-state index is 13.9. The van der Waals surface area contributed by atoms with Gasteiger partial charge in [-0.2, -0.15) is 0 Å². The van der Waals surface area contributed by atoms with E-state index in [2.05, 4.69) is 18.8 Å². The number of rotatable bonds is 7. The normalized spacial score (nSPS) is 15.1. The largest absolute Gasteiger partial charge is 0.494 e. The lowest BCUT2D eigenvalue weighted by atomic mass is 9.97. The summed E-state index contributed by atoms with van der Waals surface area (Å²) in [6.45, 7) is 9.07. The molecular weight excluding hydrogens is 452 g/mol. The van der Waals surface area contributed by atoms with Gasteiger partial charge in [-0.05, 0) is 72.7 Å². The molecule has 3 heterocycles. The second kappa shape index (κ2) is 9.61. The van der Waals surface area contributed by atoms with E-state index in [1.54, 1.807) is 17.3 Å². The number of carbonyl (C=O) groups excluding carboxylic acids is 1. The van der Waals surface area contributed by atoms with Crippen molar-refractivity contribution >= 4 is 16.9 Å². The third kappa shape index (κ3) is 4.39. The summed E-state index contributed by atoms with van der Waals surface area (Å²) >= 11 is 0. The first kappa shape index (κ1) is 23.8. The van der Waals surface area contributed by atoms with Gasteiger partial charge in [0.15, 0.2) is 5.43 Å². The van der Waals surface area contributed by atoms with Crippen LogP contribution in [-0.2, 0) is 6.54 Å². The molecule has 36 heavy (non-hydrogen) atoms. The van der Waals surface area contributed by atoms with Crippen molar-refractivity contribution in [2.24, 2.45) is 5.92 Å². The van der Waals surface area contributed by atoms with Crippen molar-refractivity contribution in [2.75, 3.05) is 6.61 Å². The lowest BCUT2D eigenvalue weighted by molar-refractivity contribution is 0.0714. The number of ether oxygens (including phenoxy) is 1. The first-order chi connectivity index (χ1) is 17.3. The van der Waals surface area contributed by atoms with Crippen molar-refractivity contribution in [3.8, 4) is 5.75 Å². The molecule has 0 aliphatic carbocycles. The Morgan fingerprint density at radius 2 is 1.92 bits per heavy atom.